The smallest absolute Gasteiger partial charge is 0.135 e. The first-order valence-corrected chi connectivity index (χ1v) is 13.5. The van der Waals surface area contributed by atoms with E-state index in [1.54, 1.807) is 12.1 Å². The van der Waals surface area contributed by atoms with Gasteiger partial charge in [0.2, 0.25) is 0 Å². The van der Waals surface area contributed by atoms with Crippen LogP contribution in [-0.2, 0) is 4.74 Å². The molecule has 1 saturated heterocycles. The van der Waals surface area contributed by atoms with E-state index in [1.165, 1.54) is 30.5 Å². The van der Waals surface area contributed by atoms with E-state index >= 15 is 0 Å². The molecule has 1 fully saturated rings. The first kappa shape index (κ1) is 28.1. The Hall–Kier alpha value is -2.46. The molecule has 0 bridgehead atoms. The Bertz CT molecular complexity index is 952. The predicted molar refractivity (Wildman–Crippen MR) is 143 cm³/mol. The van der Waals surface area contributed by atoms with Crippen molar-refractivity contribution in [2.24, 2.45) is 0 Å². The van der Waals surface area contributed by atoms with Gasteiger partial charge in [-0.05, 0) is 86.5 Å². The number of nitriles is 1. The minimum absolute atomic E-state index is 0.0743. The highest BCUT2D eigenvalue weighted by atomic mass is 19.1. The number of halogens is 1. The van der Waals surface area contributed by atoms with E-state index in [4.69, 9.17) is 9.47 Å². The van der Waals surface area contributed by atoms with E-state index in [9.17, 15) is 9.65 Å². The zero-order valence-electron chi connectivity index (χ0n) is 22.2. The van der Waals surface area contributed by atoms with Gasteiger partial charge in [0.1, 0.15) is 17.7 Å². The van der Waals surface area contributed by atoms with Gasteiger partial charge in [0.25, 0.3) is 0 Å². The maximum absolute atomic E-state index is 13.3. The van der Waals surface area contributed by atoms with E-state index in [2.05, 4.69) is 41.8 Å². The first-order chi connectivity index (χ1) is 17.5. The highest BCUT2D eigenvalue weighted by Gasteiger charge is 2.22. The molecule has 2 aromatic carbocycles. The Balaban J connectivity index is 1.42. The molecule has 0 amide bonds. The van der Waals surface area contributed by atoms with Crippen LogP contribution in [0.25, 0.3) is 0 Å². The summed E-state index contributed by atoms with van der Waals surface area (Å²) in [6.07, 6.45) is 4.37. The molecule has 36 heavy (non-hydrogen) atoms. The highest BCUT2D eigenvalue weighted by Crippen LogP contribution is 2.27. The third kappa shape index (κ3) is 8.89. The third-order valence-electron chi connectivity index (χ3n) is 7.06. The topological polar surface area (TPSA) is 48.7 Å². The molecule has 0 aliphatic carbocycles. The van der Waals surface area contributed by atoms with Crippen molar-refractivity contribution in [3.05, 3.63) is 65.0 Å². The molecule has 0 N–H and O–H groups in total. The molecular weight excluding hydrogens is 453 g/mol. The Morgan fingerprint density at radius 1 is 1.03 bits per heavy atom. The molecule has 5 nitrogen and oxygen atoms in total. The van der Waals surface area contributed by atoms with Gasteiger partial charge < -0.3 is 14.4 Å². The number of hydrogen-bond donors (Lipinski definition) is 0. The van der Waals surface area contributed by atoms with Crippen LogP contribution in [0.4, 0.5) is 4.39 Å². The van der Waals surface area contributed by atoms with Crippen LogP contribution in [0.3, 0.4) is 0 Å². The van der Waals surface area contributed by atoms with Gasteiger partial charge in [-0.2, -0.15) is 5.26 Å². The minimum atomic E-state index is -0.255. The Morgan fingerprint density at radius 3 is 2.39 bits per heavy atom. The summed E-state index contributed by atoms with van der Waals surface area (Å²) in [5, 5.41) is 9.20. The first-order valence-electron chi connectivity index (χ1n) is 13.5. The van der Waals surface area contributed by atoms with Crippen LogP contribution in [0.1, 0.15) is 62.1 Å². The average Bonchev–Trinajstić information content (AvgIpc) is 2.89. The lowest BCUT2D eigenvalue weighted by Gasteiger charge is -2.36. The molecule has 6 heteroatoms. The third-order valence-corrected chi connectivity index (χ3v) is 7.06. The molecule has 196 valence electrons. The van der Waals surface area contributed by atoms with Gasteiger partial charge in [0.15, 0.2) is 0 Å². The van der Waals surface area contributed by atoms with Gasteiger partial charge >= 0.3 is 0 Å². The van der Waals surface area contributed by atoms with Crippen molar-refractivity contribution in [2.45, 2.75) is 58.5 Å². The van der Waals surface area contributed by atoms with Gasteiger partial charge in [-0.15, -0.1) is 0 Å². The SMILES string of the molecule is CCCOCC(CN1CCN(CCCC(CC)c2ccc(C#N)c(C)c2)CC1)Oc1ccc(F)cc1. The van der Waals surface area contributed by atoms with Crippen LogP contribution >= 0.6 is 0 Å². The van der Waals surface area contributed by atoms with Crippen LogP contribution in [-0.4, -0.2) is 68.4 Å². The molecular formula is C30H42FN3O2. The summed E-state index contributed by atoms with van der Waals surface area (Å²) in [4.78, 5) is 5.02. The zero-order valence-corrected chi connectivity index (χ0v) is 22.2. The van der Waals surface area contributed by atoms with E-state index in [1.807, 2.05) is 13.0 Å². The highest BCUT2D eigenvalue weighted by molar-refractivity contribution is 5.40. The number of aryl methyl sites for hydroxylation is 1. The summed E-state index contributed by atoms with van der Waals surface area (Å²) in [5.74, 6) is 0.975. The lowest BCUT2D eigenvalue weighted by Crippen LogP contribution is -2.50. The Labute approximate surface area is 216 Å². The van der Waals surface area contributed by atoms with E-state index in [0.717, 1.165) is 69.8 Å². The second kappa shape index (κ2) is 14.9. The van der Waals surface area contributed by atoms with Crippen LogP contribution < -0.4 is 4.74 Å². The van der Waals surface area contributed by atoms with Crippen molar-refractivity contribution in [1.29, 1.82) is 5.26 Å². The molecule has 0 aromatic heterocycles. The largest absolute Gasteiger partial charge is 0.487 e. The van der Waals surface area contributed by atoms with Gasteiger partial charge in [0.05, 0.1) is 18.2 Å². The molecule has 2 aromatic rings. The van der Waals surface area contributed by atoms with Gasteiger partial charge in [-0.25, -0.2) is 4.39 Å². The quantitative estimate of drug-likeness (QED) is 0.311. The molecule has 2 atom stereocenters. The minimum Gasteiger partial charge on any atom is -0.487 e. The van der Waals surface area contributed by atoms with Gasteiger partial charge in [0, 0.05) is 39.3 Å². The van der Waals surface area contributed by atoms with Crippen molar-refractivity contribution in [3.8, 4) is 11.8 Å². The monoisotopic (exact) mass is 495 g/mol. The molecule has 1 aliphatic rings. The molecule has 2 unspecified atom stereocenters. The number of nitrogens with zero attached hydrogens (tertiary/aromatic N) is 3. The average molecular weight is 496 g/mol. The van der Waals surface area contributed by atoms with E-state index < -0.39 is 0 Å². The maximum Gasteiger partial charge on any atom is 0.135 e. The second-order valence-electron chi connectivity index (χ2n) is 9.84. The standard InChI is InChI=1S/C30H42FN3O2/c1-4-19-35-23-30(36-29-12-10-28(31)11-13-29)22-34-17-15-33(16-18-34)14-6-7-25(5-2)26-8-9-27(21-32)24(3)20-26/h8-13,20,25,30H,4-7,14-19,22-23H2,1-3H3. The maximum atomic E-state index is 13.3. The van der Waals surface area contributed by atoms with Crippen molar-refractivity contribution in [2.75, 3.05) is 52.5 Å². The summed E-state index contributed by atoms with van der Waals surface area (Å²) < 4.78 is 25.2. The summed E-state index contributed by atoms with van der Waals surface area (Å²) in [6, 6.07) is 14.8. The van der Waals surface area contributed by atoms with Gasteiger partial charge in [-0.1, -0.05) is 26.0 Å². The summed E-state index contributed by atoms with van der Waals surface area (Å²) >= 11 is 0. The Kier molecular flexibility index (Phi) is 11.7. The molecule has 0 radical (unpaired) electrons. The normalized spacial score (nSPS) is 16.4. The second-order valence-corrected chi connectivity index (χ2v) is 9.84. The fourth-order valence-electron chi connectivity index (χ4n) is 4.91. The molecule has 0 saturated carbocycles. The van der Waals surface area contributed by atoms with Crippen molar-refractivity contribution in [3.63, 3.8) is 0 Å². The van der Waals surface area contributed by atoms with E-state index in [-0.39, 0.29) is 11.9 Å². The van der Waals surface area contributed by atoms with Crippen molar-refractivity contribution in [1.82, 2.24) is 9.80 Å². The van der Waals surface area contributed by atoms with Gasteiger partial charge in [-0.3, -0.25) is 4.90 Å². The zero-order chi connectivity index (χ0) is 25.8. The van der Waals surface area contributed by atoms with Crippen molar-refractivity contribution >= 4 is 0 Å². The fraction of sp³-hybridized carbons (Fsp3) is 0.567. The lowest BCUT2D eigenvalue weighted by molar-refractivity contribution is 0.0194. The van der Waals surface area contributed by atoms with Crippen LogP contribution in [0, 0.1) is 24.1 Å². The van der Waals surface area contributed by atoms with Crippen LogP contribution in [0.5, 0.6) is 5.75 Å². The van der Waals surface area contributed by atoms with Crippen LogP contribution in [0.15, 0.2) is 42.5 Å². The number of benzene rings is 2. The molecule has 1 aliphatic heterocycles. The van der Waals surface area contributed by atoms with Crippen LogP contribution in [0.2, 0.25) is 0 Å². The lowest BCUT2D eigenvalue weighted by atomic mass is 9.90. The van der Waals surface area contributed by atoms with E-state index in [0.29, 0.717) is 18.3 Å². The predicted octanol–water partition coefficient (Wildman–Crippen LogP) is 5.77. The number of hydrogen-bond acceptors (Lipinski definition) is 5. The summed E-state index contributed by atoms with van der Waals surface area (Å²) in [6.45, 7) is 13.7. The molecule has 3 rings (SSSR count). The number of rotatable bonds is 14. The summed E-state index contributed by atoms with van der Waals surface area (Å²) in [5.41, 5.74) is 3.20. The molecule has 1 heterocycles. The molecule has 0 spiro atoms. The fourth-order valence-corrected chi connectivity index (χ4v) is 4.91. The number of ether oxygens (including phenoxy) is 2. The number of piperazine rings is 1. The Morgan fingerprint density at radius 2 is 1.75 bits per heavy atom. The van der Waals surface area contributed by atoms with Crippen molar-refractivity contribution < 1.29 is 13.9 Å². The summed E-state index contributed by atoms with van der Waals surface area (Å²) in [7, 11) is 0.